The Morgan fingerprint density at radius 3 is 1.75 bits per heavy atom. The second kappa shape index (κ2) is 6.28. The Bertz CT molecular complexity index is 111. The van der Waals surface area contributed by atoms with E-state index in [2.05, 4.69) is 25.3 Å². The zero-order valence-corrected chi connectivity index (χ0v) is 10.4. The molecule has 0 radical (unpaired) electrons. The fraction of sp³-hybridized carbons (Fsp3) is 1.00. The minimum Gasteiger partial charge on any atom is -0.377 e. The number of thiol groups is 2. The zero-order chi connectivity index (χ0) is 9.61. The molecule has 0 atom stereocenters. The van der Waals surface area contributed by atoms with Gasteiger partial charge in [-0.05, 0) is 6.42 Å². The van der Waals surface area contributed by atoms with Crippen molar-refractivity contribution in [2.75, 3.05) is 21.3 Å². The van der Waals surface area contributed by atoms with E-state index < -0.39 is 8.80 Å². The van der Waals surface area contributed by atoms with Crippen molar-refractivity contribution < 1.29 is 13.3 Å². The van der Waals surface area contributed by atoms with E-state index in [0.717, 1.165) is 12.5 Å². The highest BCUT2D eigenvalue weighted by Crippen LogP contribution is 2.19. The summed E-state index contributed by atoms with van der Waals surface area (Å²) >= 11 is 8.29. The molecule has 0 saturated carbocycles. The van der Waals surface area contributed by atoms with Crippen LogP contribution in [0.1, 0.15) is 6.42 Å². The van der Waals surface area contributed by atoms with Crippen LogP contribution < -0.4 is 0 Å². The van der Waals surface area contributed by atoms with Crippen LogP contribution in [0, 0.1) is 0 Å². The molecular formula is C6H16O3S2Si. The number of rotatable bonds is 6. The molecule has 0 aromatic rings. The average Bonchev–Trinajstić information content (AvgIpc) is 2.08. The molecular weight excluding hydrogens is 212 g/mol. The molecule has 0 aliphatic heterocycles. The third kappa shape index (κ3) is 4.15. The SMILES string of the molecule is CO[Si](CCC(S)S)(OC)OC. The van der Waals surface area contributed by atoms with Gasteiger partial charge >= 0.3 is 8.80 Å². The summed E-state index contributed by atoms with van der Waals surface area (Å²) in [6, 6.07) is 0.744. The first-order chi connectivity index (χ1) is 5.60. The molecule has 74 valence electrons. The van der Waals surface area contributed by atoms with E-state index in [4.69, 9.17) is 13.3 Å². The number of hydrogen-bond donors (Lipinski definition) is 2. The van der Waals surface area contributed by atoms with Gasteiger partial charge in [-0.3, -0.25) is 0 Å². The second-order valence-corrected chi connectivity index (χ2v) is 7.06. The Hall–Kier alpha value is 0.797. The van der Waals surface area contributed by atoms with Gasteiger partial charge in [-0.1, -0.05) is 0 Å². The highest BCUT2D eigenvalue weighted by atomic mass is 32.2. The van der Waals surface area contributed by atoms with Crippen LogP contribution in [-0.2, 0) is 13.3 Å². The van der Waals surface area contributed by atoms with Crippen LogP contribution in [0.5, 0.6) is 0 Å². The predicted octanol–water partition coefficient (Wildman–Crippen LogP) is 1.44. The van der Waals surface area contributed by atoms with Gasteiger partial charge in [0.1, 0.15) is 0 Å². The van der Waals surface area contributed by atoms with Gasteiger partial charge in [-0.2, -0.15) is 25.3 Å². The topological polar surface area (TPSA) is 27.7 Å². The van der Waals surface area contributed by atoms with Gasteiger partial charge < -0.3 is 13.3 Å². The average molecular weight is 228 g/mol. The Morgan fingerprint density at radius 1 is 1.08 bits per heavy atom. The molecule has 0 spiro atoms. The van der Waals surface area contributed by atoms with Gasteiger partial charge in [0.25, 0.3) is 0 Å². The van der Waals surface area contributed by atoms with Crippen molar-refractivity contribution in [2.45, 2.75) is 17.0 Å². The van der Waals surface area contributed by atoms with Gasteiger partial charge in [-0.25, -0.2) is 0 Å². The standard InChI is InChI=1S/C6H16O3S2Si/c1-7-12(8-2,9-3)5-4-6(10)11/h6,10-11H,4-5H2,1-3H3. The molecule has 0 fully saturated rings. The lowest BCUT2D eigenvalue weighted by Crippen LogP contribution is -2.42. The first-order valence-electron chi connectivity index (χ1n) is 3.62. The van der Waals surface area contributed by atoms with Crippen molar-refractivity contribution in [3.05, 3.63) is 0 Å². The summed E-state index contributed by atoms with van der Waals surface area (Å²) in [6.07, 6.45) is 0.813. The Balaban J connectivity index is 3.93. The molecule has 6 heteroatoms. The van der Waals surface area contributed by atoms with E-state index in [-0.39, 0.29) is 4.58 Å². The summed E-state index contributed by atoms with van der Waals surface area (Å²) in [4.78, 5) is 0. The first-order valence-corrected chi connectivity index (χ1v) is 6.58. The zero-order valence-electron chi connectivity index (χ0n) is 7.61. The lowest BCUT2D eigenvalue weighted by molar-refractivity contribution is 0.123. The van der Waals surface area contributed by atoms with Gasteiger partial charge in [-0.15, -0.1) is 0 Å². The van der Waals surface area contributed by atoms with Gasteiger partial charge in [0.05, 0.1) is 0 Å². The van der Waals surface area contributed by atoms with Crippen molar-refractivity contribution in [2.24, 2.45) is 0 Å². The normalized spacial score (nSPS) is 12.5. The third-order valence-electron chi connectivity index (χ3n) is 1.64. The summed E-state index contributed by atoms with van der Waals surface area (Å²) in [5.74, 6) is 0. The van der Waals surface area contributed by atoms with Crippen LogP contribution in [0.4, 0.5) is 0 Å². The van der Waals surface area contributed by atoms with Crippen LogP contribution in [-0.4, -0.2) is 34.7 Å². The Kier molecular flexibility index (Phi) is 6.70. The van der Waals surface area contributed by atoms with Crippen LogP contribution in [0.2, 0.25) is 6.04 Å². The van der Waals surface area contributed by atoms with Crippen molar-refractivity contribution in [1.82, 2.24) is 0 Å². The van der Waals surface area contributed by atoms with Crippen molar-refractivity contribution >= 4 is 34.1 Å². The molecule has 0 aliphatic carbocycles. The van der Waals surface area contributed by atoms with Crippen LogP contribution in [0.15, 0.2) is 0 Å². The molecule has 0 saturated heterocycles. The Labute approximate surface area is 86.0 Å². The van der Waals surface area contributed by atoms with Gasteiger partial charge in [0, 0.05) is 32.0 Å². The van der Waals surface area contributed by atoms with Crippen molar-refractivity contribution in [1.29, 1.82) is 0 Å². The lowest BCUT2D eigenvalue weighted by Gasteiger charge is -2.24. The maximum atomic E-state index is 5.21. The maximum absolute atomic E-state index is 5.21. The smallest absolute Gasteiger partial charge is 0.377 e. The Morgan fingerprint density at radius 2 is 1.50 bits per heavy atom. The molecule has 0 aromatic carbocycles. The molecule has 3 nitrogen and oxygen atoms in total. The number of hydrogen-bond acceptors (Lipinski definition) is 5. The molecule has 0 amide bonds. The summed E-state index contributed by atoms with van der Waals surface area (Å²) in [6.45, 7) is 0. The molecule has 0 N–H and O–H groups in total. The molecule has 0 aliphatic rings. The van der Waals surface area contributed by atoms with Gasteiger partial charge in [0.2, 0.25) is 0 Å². The van der Waals surface area contributed by atoms with E-state index in [1.807, 2.05) is 0 Å². The van der Waals surface area contributed by atoms with Crippen molar-refractivity contribution in [3.8, 4) is 0 Å². The molecule has 0 bridgehead atoms. The molecule has 0 aromatic heterocycles. The third-order valence-corrected chi connectivity index (χ3v) is 4.93. The lowest BCUT2D eigenvalue weighted by atomic mass is 10.6. The summed E-state index contributed by atoms with van der Waals surface area (Å²) < 4.78 is 15.7. The largest absolute Gasteiger partial charge is 0.500 e. The van der Waals surface area contributed by atoms with E-state index in [0.29, 0.717) is 0 Å². The first kappa shape index (κ1) is 12.8. The molecule has 0 unspecified atom stereocenters. The van der Waals surface area contributed by atoms with E-state index in [1.54, 1.807) is 21.3 Å². The quantitative estimate of drug-likeness (QED) is 0.409. The fourth-order valence-corrected chi connectivity index (χ4v) is 3.36. The predicted molar refractivity (Wildman–Crippen MR) is 58.0 cm³/mol. The highest BCUT2D eigenvalue weighted by Gasteiger charge is 2.37. The second-order valence-electron chi connectivity index (χ2n) is 2.31. The minimum absolute atomic E-state index is 0.0531. The van der Waals surface area contributed by atoms with E-state index >= 15 is 0 Å². The highest BCUT2D eigenvalue weighted by molar-refractivity contribution is 7.99. The minimum atomic E-state index is -2.38. The van der Waals surface area contributed by atoms with Crippen molar-refractivity contribution in [3.63, 3.8) is 0 Å². The van der Waals surface area contributed by atoms with Crippen LogP contribution in [0.3, 0.4) is 0 Å². The van der Waals surface area contributed by atoms with Gasteiger partial charge in [0.15, 0.2) is 0 Å². The summed E-state index contributed by atoms with van der Waals surface area (Å²) in [7, 11) is 2.43. The summed E-state index contributed by atoms with van der Waals surface area (Å²) in [5, 5.41) is 0. The molecule has 12 heavy (non-hydrogen) atoms. The van der Waals surface area contributed by atoms with Crippen LogP contribution in [0.25, 0.3) is 0 Å². The molecule has 0 rings (SSSR count). The van der Waals surface area contributed by atoms with Crippen LogP contribution >= 0.6 is 25.3 Å². The summed E-state index contributed by atoms with van der Waals surface area (Å²) in [5.41, 5.74) is 0. The monoisotopic (exact) mass is 228 g/mol. The maximum Gasteiger partial charge on any atom is 0.500 e. The van der Waals surface area contributed by atoms with E-state index in [9.17, 15) is 0 Å². The van der Waals surface area contributed by atoms with E-state index in [1.165, 1.54) is 0 Å². The molecule has 0 heterocycles. The fourth-order valence-electron chi connectivity index (χ4n) is 0.862.